The van der Waals surface area contributed by atoms with Gasteiger partial charge in [-0.2, -0.15) is 0 Å². The highest BCUT2D eigenvalue weighted by Crippen LogP contribution is 2.23. The summed E-state index contributed by atoms with van der Waals surface area (Å²) in [7, 11) is 0. The highest BCUT2D eigenvalue weighted by atomic mass is 16.5. The lowest BCUT2D eigenvalue weighted by Gasteiger charge is -2.16. The maximum Gasteiger partial charge on any atom is 0.255 e. The zero-order chi connectivity index (χ0) is 20.9. The summed E-state index contributed by atoms with van der Waals surface area (Å²) >= 11 is 0. The second kappa shape index (κ2) is 8.65. The number of hydrogen-bond acceptors (Lipinski definition) is 5. The lowest BCUT2D eigenvalue weighted by Crippen LogP contribution is -2.19. The lowest BCUT2D eigenvalue weighted by molar-refractivity contribution is 0.0997. The van der Waals surface area contributed by atoms with E-state index in [2.05, 4.69) is 15.2 Å². The van der Waals surface area contributed by atoms with Crippen LogP contribution < -0.4 is 20.7 Å². The summed E-state index contributed by atoms with van der Waals surface area (Å²) in [4.78, 5) is 30.3. The molecule has 2 amide bonds. The van der Waals surface area contributed by atoms with Gasteiger partial charge in [0.2, 0.25) is 5.91 Å². The van der Waals surface area contributed by atoms with E-state index < -0.39 is 5.91 Å². The van der Waals surface area contributed by atoms with Gasteiger partial charge in [0.25, 0.3) is 5.91 Å². The Labute approximate surface area is 174 Å². The molecule has 0 atom stereocenters. The van der Waals surface area contributed by atoms with Crippen molar-refractivity contribution in [1.82, 2.24) is 4.98 Å². The zero-order valence-corrected chi connectivity index (χ0v) is 16.4. The third-order valence-electron chi connectivity index (χ3n) is 4.93. The normalized spacial score (nSPS) is 13.1. The quantitative estimate of drug-likeness (QED) is 0.653. The number of ether oxygens (including phenoxy) is 1. The largest absolute Gasteiger partial charge is 0.457 e. The van der Waals surface area contributed by atoms with E-state index in [-0.39, 0.29) is 5.91 Å². The van der Waals surface area contributed by atoms with Crippen LogP contribution in [0, 0.1) is 0 Å². The predicted molar refractivity (Wildman–Crippen MR) is 115 cm³/mol. The lowest BCUT2D eigenvalue weighted by atomic mass is 10.2. The highest BCUT2D eigenvalue weighted by Gasteiger charge is 2.13. The van der Waals surface area contributed by atoms with Crippen molar-refractivity contribution in [3.05, 3.63) is 78.0 Å². The number of nitrogens with one attached hydrogen (secondary N) is 1. The fourth-order valence-corrected chi connectivity index (χ4v) is 3.29. The van der Waals surface area contributed by atoms with Gasteiger partial charge in [-0.25, -0.2) is 4.98 Å². The van der Waals surface area contributed by atoms with E-state index in [1.165, 1.54) is 12.8 Å². The summed E-state index contributed by atoms with van der Waals surface area (Å²) in [6.07, 6.45) is 4.07. The SMILES string of the molecule is NC(=O)c1ccc(Oc2ccc(C(=O)Nc3ccc(N4CCCC4)nc3)cc2)cc1. The molecule has 2 heterocycles. The summed E-state index contributed by atoms with van der Waals surface area (Å²) in [5, 5.41) is 2.86. The number of benzene rings is 2. The molecule has 3 aromatic rings. The minimum Gasteiger partial charge on any atom is -0.457 e. The molecule has 1 aliphatic rings. The topological polar surface area (TPSA) is 97.6 Å². The Hall–Kier alpha value is -3.87. The number of carbonyl (C=O) groups is 2. The summed E-state index contributed by atoms with van der Waals surface area (Å²) in [6.45, 7) is 2.06. The monoisotopic (exact) mass is 402 g/mol. The van der Waals surface area contributed by atoms with Crippen LogP contribution in [0.1, 0.15) is 33.6 Å². The van der Waals surface area contributed by atoms with E-state index in [0.29, 0.717) is 28.3 Å². The molecule has 0 saturated carbocycles. The first-order valence-corrected chi connectivity index (χ1v) is 9.79. The van der Waals surface area contributed by atoms with E-state index in [0.717, 1.165) is 18.9 Å². The molecular formula is C23H22N4O3. The van der Waals surface area contributed by atoms with Crippen molar-refractivity contribution in [2.24, 2.45) is 5.73 Å². The number of rotatable bonds is 6. The number of amides is 2. The predicted octanol–water partition coefficient (Wildman–Crippen LogP) is 3.83. The Kier molecular flexibility index (Phi) is 5.61. The molecule has 0 bridgehead atoms. The van der Waals surface area contributed by atoms with Crippen molar-refractivity contribution in [2.75, 3.05) is 23.3 Å². The van der Waals surface area contributed by atoms with Crippen LogP contribution in [0.5, 0.6) is 11.5 Å². The van der Waals surface area contributed by atoms with Gasteiger partial charge in [-0.1, -0.05) is 0 Å². The molecule has 152 valence electrons. The minimum absolute atomic E-state index is 0.219. The summed E-state index contributed by atoms with van der Waals surface area (Å²) in [5.41, 5.74) is 6.80. The van der Waals surface area contributed by atoms with Gasteiger partial charge in [-0.15, -0.1) is 0 Å². The third kappa shape index (κ3) is 4.57. The van der Waals surface area contributed by atoms with Gasteiger partial charge in [0.15, 0.2) is 0 Å². The number of nitrogens with zero attached hydrogens (tertiary/aromatic N) is 2. The average Bonchev–Trinajstić information content (AvgIpc) is 3.30. The fraction of sp³-hybridized carbons (Fsp3) is 0.174. The second-order valence-electron chi connectivity index (χ2n) is 7.07. The molecule has 3 N–H and O–H groups in total. The van der Waals surface area contributed by atoms with Crippen LogP contribution in [0.2, 0.25) is 0 Å². The van der Waals surface area contributed by atoms with E-state index in [9.17, 15) is 9.59 Å². The first-order valence-electron chi connectivity index (χ1n) is 9.79. The Morgan fingerprint density at radius 2 is 1.47 bits per heavy atom. The van der Waals surface area contributed by atoms with E-state index >= 15 is 0 Å². The second-order valence-corrected chi connectivity index (χ2v) is 7.07. The van der Waals surface area contributed by atoms with Crippen molar-refractivity contribution in [2.45, 2.75) is 12.8 Å². The smallest absolute Gasteiger partial charge is 0.255 e. The van der Waals surface area contributed by atoms with Crippen LogP contribution in [0.15, 0.2) is 66.9 Å². The van der Waals surface area contributed by atoms with E-state index in [1.807, 2.05) is 12.1 Å². The molecule has 1 aromatic heterocycles. The van der Waals surface area contributed by atoms with Gasteiger partial charge in [0, 0.05) is 24.2 Å². The molecule has 0 radical (unpaired) electrons. The van der Waals surface area contributed by atoms with Gasteiger partial charge in [-0.05, 0) is 73.5 Å². The van der Waals surface area contributed by atoms with Crippen molar-refractivity contribution < 1.29 is 14.3 Å². The maximum absolute atomic E-state index is 12.5. The number of pyridine rings is 1. The molecule has 7 heteroatoms. The molecule has 7 nitrogen and oxygen atoms in total. The average molecular weight is 402 g/mol. The molecule has 0 aliphatic carbocycles. The molecule has 0 unspecified atom stereocenters. The van der Waals surface area contributed by atoms with Crippen molar-refractivity contribution >= 4 is 23.3 Å². The number of anilines is 2. The van der Waals surface area contributed by atoms with Crippen molar-refractivity contribution in [3.8, 4) is 11.5 Å². The summed E-state index contributed by atoms with van der Waals surface area (Å²) in [5.74, 6) is 1.38. The number of primary amides is 1. The molecular weight excluding hydrogens is 380 g/mol. The van der Waals surface area contributed by atoms with Gasteiger partial charge in [-0.3, -0.25) is 9.59 Å². The maximum atomic E-state index is 12.5. The Bertz CT molecular complexity index is 1030. The first kappa shape index (κ1) is 19.4. The van der Waals surface area contributed by atoms with Crippen LogP contribution in [0.25, 0.3) is 0 Å². The number of aromatic nitrogens is 1. The molecule has 1 aliphatic heterocycles. The fourth-order valence-electron chi connectivity index (χ4n) is 3.29. The molecule has 0 spiro atoms. The number of nitrogens with two attached hydrogens (primary N) is 1. The van der Waals surface area contributed by atoms with Crippen LogP contribution >= 0.6 is 0 Å². The Morgan fingerprint density at radius 1 is 0.867 bits per heavy atom. The van der Waals surface area contributed by atoms with Crippen molar-refractivity contribution in [1.29, 1.82) is 0 Å². The Morgan fingerprint density at radius 3 is 2.00 bits per heavy atom. The third-order valence-corrected chi connectivity index (χ3v) is 4.93. The molecule has 1 saturated heterocycles. The van der Waals surface area contributed by atoms with Crippen LogP contribution in [0.3, 0.4) is 0 Å². The van der Waals surface area contributed by atoms with E-state index in [1.54, 1.807) is 54.7 Å². The summed E-state index contributed by atoms with van der Waals surface area (Å²) < 4.78 is 5.73. The van der Waals surface area contributed by atoms with Gasteiger partial charge >= 0.3 is 0 Å². The van der Waals surface area contributed by atoms with Gasteiger partial charge < -0.3 is 20.7 Å². The summed E-state index contributed by atoms with van der Waals surface area (Å²) in [6, 6.07) is 17.1. The van der Waals surface area contributed by atoms with Gasteiger partial charge in [0.1, 0.15) is 17.3 Å². The Balaban J connectivity index is 1.36. The standard InChI is InChI=1S/C23H22N4O3/c24-22(28)16-3-8-19(9-4-16)30-20-10-5-17(6-11-20)23(29)26-18-7-12-21(25-15-18)27-13-1-2-14-27/h3-12,15H,1-2,13-14H2,(H2,24,28)(H,26,29). The van der Waals surface area contributed by atoms with Crippen LogP contribution in [-0.2, 0) is 0 Å². The molecule has 2 aromatic carbocycles. The molecule has 30 heavy (non-hydrogen) atoms. The zero-order valence-electron chi connectivity index (χ0n) is 16.4. The highest BCUT2D eigenvalue weighted by molar-refractivity contribution is 6.04. The first-order chi connectivity index (χ1) is 14.6. The van der Waals surface area contributed by atoms with Crippen molar-refractivity contribution in [3.63, 3.8) is 0 Å². The molecule has 1 fully saturated rings. The number of carbonyl (C=O) groups excluding carboxylic acids is 2. The number of hydrogen-bond donors (Lipinski definition) is 2. The van der Waals surface area contributed by atoms with Gasteiger partial charge in [0.05, 0.1) is 11.9 Å². The van der Waals surface area contributed by atoms with E-state index in [4.69, 9.17) is 10.5 Å². The van der Waals surface area contributed by atoms with Crippen LogP contribution in [-0.4, -0.2) is 29.9 Å². The molecule has 4 rings (SSSR count). The minimum atomic E-state index is -0.488. The van der Waals surface area contributed by atoms with Crippen LogP contribution in [0.4, 0.5) is 11.5 Å².